The quantitative estimate of drug-likeness (QED) is 0.373. The number of benzene rings is 1. The van der Waals surface area contributed by atoms with Crippen LogP contribution in [-0.2, 0) is 28.9 Å². The first-order valence-corrected chi connectivity index (χ1v) is 14.3. The van der Waals surface area contributed by atoms with E-state index in [0.717, 1.165) is 5.56 Å². The molecule has 35 heavy (non-hydrogen) atoms. The lowest BCUT2D eigenvalue weighted by atomic mass is 9.94. The maximum atomic E-state index is 12.8. The van der Waals surface area contributed by atoms with E-state index in [-0.39, 0.29) is 24.0 Å². The largest absolute Gasteiger partial charge is 0.497 e. The van der Waals surface area contributed by atoms with Gasteiger partial charge >= 0.3 is 6.09 Å². The predicted molar refractivity (Wildman–Crippen MR) is 131 cm³/mol. The number of methoxy groups -OCH3 is 2. The van der Waals surface area contributed by atoms with Crippen LogP contribution in [0.1, 0.15) is 32.0 Å². The predicted octanol–water partition coefficient (Wildman–Crippen LogP) is 2.86. The van der Waals surface area contributed by atoms with Crippen LogP contribution in [0.4, 0.5) is 4.79 Å². The van der Waals surface area contributed by atoms with E-state index in [1.54, 1.807) is 37.4 Å². The van der Waals surface area contributed by atoms with Crippen LogP contribution in [0.25, 0.3) is 0 Å². The maximum Gasteiger partial charge on any atom is 0.405 e. The zero-order chi connectivity index (χ0) is 26.0. The third-order valence-electron chi connectivity index (χ3n) is 6.77. The monoisotopic (exact) mass is 505 g/mol. The van der Waals surface area contributed by atoms with Crippen molar-refractivity contribution in [3.8, 4) is 11.5 Å². The molecule has 0 spiro atoms. The normalized spacial score (nSPS) is 18.3. The van der Waals surface area contributed by atoms with Crippen molar-refractivity contribution in [2.75, 3.05) is 14.2 Å². The number of aromatic nitrogens is 3. The molecule has 1 saturated heterocycles. The molecule has 1 fully saturated rings. The molecule has 1 aromatic carbocycles. The Morgan fingerprint density at radius 3 is 2.54 bits per heavy atom. The fourth-order valence-corrected chi connectivity index (χ4v) is 4.53. The number of ether oxygens (including phenoxy) is 2. The average molecular weight is 506 g/mol. The molecule has 0 unspecified atom stereocenters. The summed E-state index contributed by atoms with van der Waals surface area (Å²) in [6.45, 7) is 11.7. The van der Waals surface area contributed by atoms with E-state index < -0.39 is 26.5 Å². The Morgan fingerprint density at radius 1 is 1.23 bits per heavy atom. The lowest BCUT2D eigenvalue weighted by molar-refractivity contribution is -0.153. The summed E-state index contributed by atoms with van der Waals surface area (Å²) in [5.74, 6) is 0.896. The van der Waals surface area contributed by atoms with Crippen molar-refractivity contribution in [2.24, 2.45) is 0 Å². The van der Waals surface area contributed by atoms with Crippen LogP contribution in [0.15, 0.2) is 24.4 Å². The van der Waals surface area contributed by atoms with E-state index in [9.17, 15) is 14.7 Å². The summed E-state index contributed by atoms with van der Waals surface area (Å²) in [7, 11) is 1.17. The van der Waals surface area contributed by atoms with Gasteiger partial charge in [-0.1, -0.05) is 20.8 Å². The second-order valence-electron chi connectivity index (χ2n) is 10.1. The van der Waals surface area contributed by atoms with Crippen molar-refractivity contribution >= 4 is 20.3 Å². The van der Waals surface area contributed by atoms with Crippen LogP contribution in [0.3, 0.4) is 0 Å². The smallest absolute Gasteiger partial charge is 0.405 e. The highest BCUT2D eigenvalue weighted by Gasteiger charge is 2.48. The number of nitrogens with one attached hydrogen (secondary N) is 1. The second-order valence-corrected chi connectivity index (χ2v) is 14.9. The van der Waals surface area contributed by atoms with Crippen molar-refractivity contribution in [1.29, 1.82) is 0 Å². The minimum Gasteiger partial charge on any atom is -0.497 e. The van der Waals surface area contributed by atoms with Crippen molar-refractivity contribution < 1.29 is 28.6 Å². The lowest BCUT2D eigenvalue weighted by Crippen LogP contribution is -2.71. The highest BCUT2D eigenvalue weighted by molar-refractivity contribution is 6.74. The van der Waals surface area contributed by atoms with E-state index in [4.69, 9.17) is 13.9 Å². The molecular weight excluding hydrogens is 470 g/mol. The summed E-state index contributed by atoms with van der Waals surface area (Å²) in [6.07, 6.45) is 0.385. The number of likely N-dealkylation sites (tertiary alicyclic amines) is 1. The van der Waals surface area contributed by atoms with Gasteiger partial charge in [-0.25, -0.2) is 4.79 Å². The number of carboxylic acid groups (broad SMARTS) is 1. The average Bonchev–Trinajstić information content (AvgIpc) is 3.25. The molecule has 2 amide bonds. The minimum absolute atomic E-state index is 0.0774. The summed E-state index contributed by atoms with van der Waals surface area (Å²) in [5.41, 5.74) is 1.46. The Hall–Kier alpha value is -3.12. The Kier molecular flexibility index (Phi) is 7.75. The number of β-lactam (4-membered cyclic amide) rings is 1. The first kappa shape index (κ1) is 26.5. The lowest BCUT2D eigenvalue weighted by Gasteiger charge is -2.46. The van der Waals surface area contributed by atoms with Gasteiger partial charge in [-0.05, 0) is 30.3 Å². The number of carbonyl (C=O) groups is 2. The fourth-order valence-electron chi connectivity index (χ4n) is 3.59. The number of hydrogen-bond donors (Lipinski definition) is 2. The van der Waals surface area contributed by atoms with E-state index >= 15 is 0 Å². The minimum atomic E-state index is -1.94. The Labute approximate surface area is 206 Å². The van der Waals surface area contributed by atoms with Crippen LogP contribution >= 0.6 is 0 Å². The molecule has 1 aliphatic heterocycles. The van der Waals surface area contributed by atoms with Crippen molar-refractivity contribution in [3.63, 3.8) is 0 Å². The Balaban J connectivity index is 1.74. The van der Waals surface area contributed by atoms with Gasteiger partial charge in [0.1, 0.15) is 23.2 Å². The highest BCUT2D eigenvalue weighted by Crippen LogP contribution is 2.37. The molecule has 2 heterocycles. The molecule has 2 N–H and O–H groups in total. The van der Waals surface area contributed by atoms with Gasteiger partial charge in [0.05, 0.1) is 39.6 Å². The van der Waals surface area contributed by atoms with Crippen LogP contribution in [0.2, 0.25) is 18.1 Å². The molecule has 0 radical (unpaired) electrons. The SMILES string of the molecule is COc1ccc(CN2C(=O)[C@@H](NC(=O)O)[C@H]2Cn2ncc(CO[Si](C)(C)C(C)(C)C)n2)c(OC)c1. The van der Waals surface area contributed by atoms with Gasteiger partial charge < -0.3 is 29.2 Å². The molecule has 0 aliphatic carbocycles. The molecule has 192 valence electrons. The summed E-state index contributed by atoms with van der Waals surface area (Å²) in [5, 5.41) is 20.4. The number of amides is 2. The first-order valence-electron chi connectivity index (χ1n) is 11.4. The van der Waals surface area contributed by atoms with Gasteiger partial charge in [-0.3, -0.25) is 4.79 Å². The zero-order valence-electron chi connectivity index (χ0n) is 21.4. The molecule has 1 aliphatic rings. The fraction of sp³-hybridized carbons (Fsp3) is 0.565. The molecule has 2 atom stereocenters. The molecule has 11 nitrogen and oxygen atoms in total. The highest BCUT2D eigenvalue weighted by atomic mass is 28.4. The van der Waals surface area contributed by atoms with Crippen LogP contribution in [-0.4, -0.2) is 71.6 Å². The molecule has 2 aromatic rings. The number of carbonyl (C=O) groups excluding carboxylic acids is 1. The number of hydrogen-bond acceptors (Lipinski definition) is 7. The van der Waals surface area contributed by atoms with E-state index in [0.29, 0.717) is 23.8 Å². The number of nitrogens with zero attached hydrogens (tertiary/aromatic N) is 4. The van der Waals surface area contributed by atoms with Crippen LogP contribution < -0.4 is 14.8 Å². The molecule has 12 heteroatoms. The topological polar surface area (TPSA) is 128 Å². The van der Waals surface area contributed by atoms with Gasteiger partial charge in [0.2, 0.25) is 5.91 Å². The Bertz CT molecular complexity index is 1070. The van der Waals surface area contributed by atoms with Gasteiger partial charge in [0.25, 0.3) is 0 Å². The van der Waals surface area contributed by atoms with Gasteiger partial charge in [0, 0.05) is 18.2 Å². The molecule has 1 aromatic heterocycles. The number of rotatable bonds is 10. The van der Waals surface area contributed by atoms with E-state index in [1.165, 1.54) is 4.80 Å². The van der Waals surface area contributed by atoms with Gasteiger partial charge in [-0.2, -0.15) is 15.0 Å². The third-order valence-corrected chi connectivity index (χ3v) is 11.2. The first-order chi connectivity index (χ1) is 16.4. The molecule has 0 bridgehead atoms. The standard InChI is InChI=1S/C23H35N5O6Si/c1-23(2,3)35(6,7)34-14-16-11-24-28(26-16)13-18-20(25-22(30)31)21(29)27(18)12-15-8-9-17(32-4)10-19(15)33-5/h8-11,18,20,25H,12-14H2,1-7H3,(H,30,31)/t18-,20+/m1/s1. The third kappa shape index (κ3) is 5.93. The Morgan fingerprint density at radius 2 is 1.94 bits per heavy atom. The van der Waals surface area contributed by atoms with E-state index in [1.807, 2.05) is 6.07 Å². The maximum absolute atomic E-state index is 12.8. The summed E-state index contributed by atoms with van der Waals surface area (Å²) in [4.78, 5) is 27.2. The van der Waals surface area contributed by atoms with Crippen molar-refractivity contribution in [3.05, 3.63) is 35.7 Å². The summed E-state index contributed by atoms with van der Waals surface area (Å²) < 4.78 is 16.9. The molecule has 0 saturated carbocycles. The van der Waals surface area contributed by atoms with E-state index in [2.05, 4.69) is 49.4 Å². The summed E-state index contributed by atoms with van der Waals surface area (Å²) >= 11 is 0. The van der Waals surface area contributed by atoms with Gasteiger partial charge in [0.15, 0.2) is 8.32 Å². The van der Waals surface area contributed by atoms with Gasteiger partial charge in [-0.15, -0.1) is 0 Å². The van der Waals surface area contributed by atoms with Crippen molar-refractivity contribution in [1.82, 2.24) is 25.2 Å². The zero-order valence-corrected chi connectivity index (χ0v) is 22.4. The summed E-state index contributed by atoms with van der Waals surface area (Å²) in [6, 6.07) is 4.00. The molecular formula is C23H35N5O6Si. The molecule has 3 rings (SSSR count). The second kappa shape index (κ2) is 10.2. The van der Waals surface area contributed by atoms with Crippen LogP contribution in [0.5, 0.6) is 11.5 Å². The van der Waals surface area contributed by atoms with Crippen LogP contribution in [0, 0.1) is 0 Å². The van der Waals surface area contributed by atoms with Crippen molar-refractivity contribution in [2.45, 2.75) is 70.7 Å².